The van der Waals surface area contributed by atoms with E-state index in [2.05, 4.69) is 38.1 Å². The second kappa shape index (κ2) is 10.6. The summed E-state index contributed by atoms with van der Waals surface area (Å²) in [4.78, 5) is 3.69. The molecule has 10 heteroatoms. The first-order valence-electron chi connectivity index (χ1n) is 9.42. The van der Waals surface area contributed by atoms with Crippen molar-refractivity contribution in [3.63, 3.8) is 0 Å². The number of aromatic nitrogens is 1. The summed E-state index contributed by atoms with van der Waals surface area (Å²) >= 11 is 2.08. The summed E-state index contributed by atoms with van der Waals surface area (Å²) in [6.45, 7) is 2.25. The number of hydrogen-bond acceptors (Lipinski definition) is 5. The molecule has 0 spiro atoms. The molecule has 0 bridgehead atoms. The lowest BCUT2D eigenvalue weighted by Gasteiger charge is -2.15. The van der Waals surface area contributed by atoms with E-state index in [0.29, 0.717) is 29.2 Å². The molecular weight excluding hydrogens is 541 g/mol. The standard InChI is InChI=1S/C22H18F4IN3O2/c1-2-31-19-10-14(11-29-30-20-8-7-16(12-28-20)22(24,25)26)9-18(27)21(19)32-13-15-5-3-4-6-17(15)23/h3-12H,2,13H2,1H3,(H,28,30)/b29-11-. The largest absolute Gasteiger partial charge is 0.490 e. The summed E-state index contributed by atoms with van der Waals surface area (Å²) in [6, 6.07) is 11.9. The maximum Gasteiger partial charge on any atom is 0.417 e. The Balaban J connectivity index is 1.72. The van der Waals surface area contributed by atoms with Crippen molar-refractivity contribution >= 4 is 34.6 Å². The molecule has 0 radical (unpaired) electrons. The van der Waals surface area contributed by atoms with Gasteiger partial charge in [-0.25, -0.2) is 9.37 Å². The smallest absolute Gasteiger partial charge is 0.417 e. The third kappa shape index (κ3) is 6.31. The zero-order valence-electron chi connectivity index (χ0n) is 16.8. The summed E-state index contributed by atoms with van der Waals surface area (Å²) < 4.78 is 63.9. The molecule has 0 aliphatic rings. The highest BCUT2D eigenvalue weighted by Gasteiger charge is 2.30. The number of rotatable bonds is 8. The lowest BCUT2D eigenvalue weighted by atomic mass is 10.2. The quantitative estimate of drug-likeness (QED) is 0.153. The molecule has 32 heavy (non-hydrogen) atoms. The van der Waals surface area contributed by atoms with Crippen LogP contribution in [0.15, 0.2) is 59.8 Å². The minimum atomic E-state index is -4.45. The minimum absolute atomic E-state index is 0.0390. The van der Waals surface area contributed by atoms with Gasteiger partial charge in [0.1, 0.15) is 18.2 Å². The van der Waals surface area contributed by atoms with Gasteiger partial charge in [-0.05, 0) is 65.4 Å². The van der Waals surface area contributed by atoms with E-state index < -0.39 is 11.7 Å². The fraction of sp³-hybridized carbons (Fsp3) is 0.182. The second-order valence-electron chi connectivity index (χ2n) is 6.44. The first kappa shape index (κ1) is 23.8. The van der Waals surface area contributed by atoms with Gasteiger partial charge in [-0.1, -0.05) is 18.2 Å². The molecule has 1 aromatic heterocycles. The van der Waals surface area contributed by atoms with Gasteiger partial charge in [0.25, 0.3) is 0 Å². The molecule has 2 aromatic carbocycles. The molecule has 1 N–H and O–H groups in total. The van der Waals surface area contributed by atoms with Gasteiger partial charge in [0, 0.05) is 11.8 Å². The summed E-state index contributed by atoms with van der Waals surface area (Å²) in [7, 11) is 0. The Hall–Kier alpha value is -2.89. The fourth-order valence-electron chi connectivity index (χ4n) is 2.63. The molecule has 3 rings (SSSR count). The van der Waals surface area contributed by atoms with Gasteiger partial charge in [-0.3, -0.25) is 5.43 Å². The van der Waals surface area contributed by atoms with Gasteiger partial charge < -0.3 is 9.47 Å². The SMILES string of the molecule is CCOc1cc(/C=N\Nc2ccc(C(F)(F)F)cn2)cc(I)c1OCc1ccccc1F. The third-order valence-corrected chi connectivity index (χ3v) is 4.95. The number of halogens is 5. The topological polar surface area (TPSA) is 55.7 Å². The van der Waals surface area contributed by atoms with E-state index in [-0.39, 0.29) is 18.2 Å². The average Bonchev–Trinajstić information content (AvgIpc) is 2.74. The van der Waals surface area contributed by atoms with E-state index in [1.54, 1.807) is 30.3 Å². The number of alkyl halides is 3. The van der Waals surface area contributed by atoms with Crippen LogP contribution in [0.25, 0.3) is 0 Å². The molecule has 0 aliphatic carbocycles. The first-order chi connectivity index (χ1) is 15.3. The molecule has 0 amide bonds. The lowest BCUT2D eigenvalue weighted by molar-refractivity contribution is -0.137. The summed E-state index contributed by atoms with van der Waals surface area (Å²) in [5.74, 6) is 0.751. The van der Waals surface area contributed by atoms with Crippen LogP contribution in [0.5, 0.6) is 11.5 Å². The Morgan fingerprint density at radius 1 is 1.12 bits per heavy atom. The number of ether oxygens (including phenoxy) is 2. The number of hydrogen-bond donors (Lipinski definition) is 1. The van der Waals surface area contributed by atoms with Crippen molar-refractivity contribution in [1.82, 2.24) is 4.98 Å². The average molecular weight is 559 g/mol. The highest BCUT2D eigenvalue weighted by molar-refractivity contribution is 14.1. The number of pyridine rings is 1. The van der Waals surface area contributed by atoms with Crippen molar-refractivity contribution in [3.05, 3.63) is 80.8 Å². The van der Waals surface area contributed by atoms with E-state index in [0.717, 1.165) is 15.8 Å². The lowest BCUT2D eigenvalue weighted by Crippen LogP contribution is -2.05. The van der Waals surface area contributed by atoms with Crippen molar-refractivity contribution in [2.24, 2.45) is 5.10 Å². The molecule has 5 nitrogen and oxygen atoms in total. The predicted molar refractivity (Wildman–Crippen MR) is 122 cm³/mol. The maximum atomic E-state index is 13.9. The normalized spacial score (nSPS) is 11.6. The Kier molecular flexibility index (Phi) is 7.89. The van der Waals surface area contributed by atoms with Gasteiger partial charge >= 0.3 is 6.18 Å². The van der Waals surface area contributed by atoms with E-state index in [4.69, 9.17) is 9.47 Å². The Bertz CT molecular complexity index is 1090. The van der Waals surface area contributed by atoms with Gasteiger partial charge in [0.05, 0.1) is 22.0 Å². The number of nitrogens with zero attached hydrogens (tertiary/aromatic N) is 2. The van der Waals surface area contributed by atoms with Gasteiger partial charge in [-0.2, -0.15) is 18.3 Å². The molecule has 3 aromatic rings. The van der Waals surface area contributed by atoms with Crippen LogP contribution in [0.3, 0.4) is 0 Å². The highest BCUT2D eigenvalue weighted by Crippen LogP contribution is 2.35. The molecule has 0 aliphatic heterocycles. The second-order valence-corrected chi connectivity index (χ2v) is 7.61. The van der Waals surface area contributed by atoms with Crippen molar-refractivity contribution in [3.8, 4) is 11.5 Å². The third-order valence-electron chi connectivity index (χ3n) is 4.15. The van der Waals surface area contributed by atoms with Crippen LogP contribution in [0.2, 0.25) is 0 Å². The van der Waals surface area contributed by atoms with Gasteiger partial charge in [0.2, 0.25) is 0 Å². The fourth-order valence-corrected chi connectivity index (χ4v) is 3.41. The summed E-state index contributed by atoms with van der Waals surface area (Å²) in [5.41, 5.74) is 2.83. The zero-order valence-corrected chi connectivity index (χ0v) is 18.9. The Morgan fingerprint density at radius 2 is 1.91 bits per heavy atom. The zero-order chi connectivity index (χ0) is 23.1. The molecule has 0 atom stereocenters. The van der Waals surface area contributed by atoms with E-state index >= 15 is 0 Å². The van der Waals surface area contributed by atoms with Crippen molar-refractivity contribution in [1.29, 1.82) is 0 Å². The van der Waals surface area contributed by atoms with Crippen LogP contribution < -0.4 is 14.9 Å². The first-order valence-corrected chi connectivity index (χ1v) is 10.5. The van der Waals surface area contributed by atoms with Crippen LogP contribution in [0.4, 0.5) is 23.4 Å². The minimum Gasteiger partial charge on any atom is -0.490 e. The molecular formula is C22H18F4IN3O2. The van der Waals surface area contributed by atoms with Crippen LogP contribution >= 0.6 is 22.6 Å². The highest BCUT2D eigenvalue weighted by atomic mass is 127. The van der Waals surface area contributed by atoms with E-state index in [1.165, 1.54) is 18.3 Å². The molecule has 0 unspecified atom stereocenters. The van der Waals surface area contributed by atoms with Gasteiger partial charge in [-0.15, -0.1) is 0 Å². The summed E-state index contributed by atoms with van der Waals surface area (Å²) in [6.07, 6.45) is -2.24. The molecule has 168 valence electrons. The Morgan fingerprint density at radius 3 is 2.56 bits per heavy atom. The van der Waals surface area contributed by atoms with Crippen molar-refractivity contribution < 1.29 is 27.0 Å². The van der Waals surface area contributed by atoms with E-state index in [1.807, 2.05) is 6.92 Å². The number of hydrazone groups is 1. The van der Waals surface area contributed by atoms with Crippen molar-refractivity contribution in [2.45, 2.75) is 19.7 Å². The molecule has 1 heterocycles. The van der Waals surface area contributed by atoms with Crippen LogP contribution in [-0.4, -0.2) is 17.8 Å². The Labute approximate surface area is 195 Å². The molecule has 0 saturated heterocycles. The van der Waals surface area contributed by atoms with E-state index in [9.17, 15) is 17.6 Å². The maximum absolute atomic E-state index is 13.9. The van der Waals surface area contributed by atoms with Crippen LogP contribution in [0.1, 0.15) is 23.6 Å². The number of nitrogens with one attached hydrogen (secondary N) is 1. The number of benzene rings is 2. The predicted octanol–water partition coefficient (Wildman–Crippen LogP) is 6.27. The van der Waals surface area contributed by atoms with Crippen molar-refractivity contribution in [2.75, 3.05) is 12.0 Å². The van der Waals surface area contributed by atoms with Crippen LogP contribution in [0, 0.1) is 9.39 Å². The molecule has 0 saturated carbocycles. The monoisotopic (exact) mass is 559 g/mol. The van der Waals surface area contributed by atoms with Crippen LogP contribution in [-0.2, 0) is 12.8 Å². The molecule has 0 fully saturated rings. The summed E-state index contributed by atoms with van der Waals surface area (Å²) in [5, 5.41) is 4.01. The number of anilines is 1. The van der Waals surface area contributed by atoms with Gasteiger partial charge in [0.15, 0.2) is 11.5 Å².